The van der Waals surface area contributed by atoms with E-state index in [0.29, 0.717) is 17.7 Å². The molecule has 2 heterocycles. The lowest BCUT2D eigenvalue weighted by Gasteiger charge is -2.27. The van der Waals surface area contributed by atoms with E-state index in [1.165, 1.54) is 0 Å². The second kappa shape index (κ2) is 7.48. The standard InChI is InChI=1S/C23H25N3O4/c1-4-23(17-9-11-18(30-3)12-10-17)21(28)25(22(29)24-23)14-20(27)26-15(2)13-16-7-5-6-8-19(16)26/h5-12,15H,4,13-14H2,1-3H3,(H,24,29)/t15-,23+/m1/s1. The lowest BCUT2D eigenvalue weighted by molar-refractivity contribution is -0.134. The quantitative estimate of drug-likeness (QED) is 0.773. The van der Waals surface area contributed by atoms with E-state index in [0.717, 1.165) is 22.6 Å². The highest BCUT2D eigenvalue weighted by Crippen LogP contribution is 2.35. The van der Waals surface area contributed by atoms with Gasteiger partial charge in [0.05, 0.1) is 7.11 Å². The smallest absolute Gasteiger partial charge is 0.325 e. The van der Waals surface area contributed by atoms with Crippen molar-refractivity contribution in [2.75, 3.05) is 18.6 Å². The molecule has 2 aliphatic heterocycles. The first kappa shape index (κ1) is 19.9. The van der Waals surface area contributed by atoms with E-state index >= 15 is 0 Å². The number of rotatable bonds is 5. The van der Waals surface area contributed by atoms with Gasteiger partial charge in [-0.15, -0.1) is 0 Å². The highest BCUT2D eigenvalue weighted by molar-refractivity contribution is 6.11. The monoisotopic (exact) mass is 407 g/mol. The SMILES string of the molecule is CC[C@@]1(c2ccc(OC)cc2)NC(=O)N(CC(=O)N2c3ccccc3C[C@H]2C)C1=O. The Morgan fingerprint density at radius 3 is 2.53 bits per heavy atom. The van der Waals surface area contributed by atoms with Crippen LogP contribution in [0.1, 0.15) is 31.4 Å². The molecule has 4 rings (SSSR count). The summed E-state index contributed by atoms with van der Waals surface area (Å²) < 4.78 is 5.18. The minimum absolute atomic E-state index is 0.0202. The van der Waals surface area contributed by atoms with Gasteiger partial charge in [0, 0.05) is 11.7 Å². The number of para-hydroxylation sites is 1. The molecule has 30 heavy (non-hydrogen) atoms. The Balaban J connectivity index is 1.59. The molecule has 0 aromatic heterocycles. The number of urea groups is 1. The third-order valence-corrected chi connectivity index (χ3v) is 6.06. The van der Waals surface area contributed by atoms with Gasteiger partial charge < -0.3 is 15.0 Å². The highest BCUT2D eigenvalue weighted by atomic mass is 16.5. The van der Waals surface area contributed by atoms with Crippen LogP contribution in [-0.2, 0) is 21.5 Å². The van der Waals surface area contributed by atoms with Crippen molar-refractivity contribution in [3.05, 3.63) is 59.7 Å². The summed E-state index contributed by atoms with van der Waals surface area (Å²) in [6, 6.07) is 14.2. The number of imide groups is 1. The van der Waals surface area contributed by atoms with Gasteiger partial charge in [-0.25, -0.2) is 4.79 Å². The average molecular weight is 407 g/mol. The number of methoxy groups -OCH3 is 1. The van der Waals surface area contributed by atoms with Gasteiger partial charge in [0.1, 0.15) is 17.8 Å². The molecule has 1 fully saturated rings. The molecule has 156 valence electrons. The molecule has 2 aromatic carbocycles. The van der Waals surface area contributed by atoms with Gasteiger partial charge in [0.25, 0.3) is 5.91 Å². The lowest BCUT2D eigenvalue weighted by atomic mass is 9.87. The first-order valence-corrected chi connectivity index (χ1v) is 10.1. The number of carbonyl (C=O) groups excluding carboxylic acids is 3. The fraction of sp³-hybridized carbons (Fsp3) is 0.348. The molecule has 2 aromatic rings. The van der Waals surface area contributed by atoms with Gasteiger partial charge in [-0.05, 0) is 49.1 Å². The highest BCUT2D eigenvalue weighted by Gasteiger charge is 2.52. The summed E-state index contributed by atoms with van der Waals surface area (Å²) in [6.45, 7) is 3.52. The van der Waals surface area contributed by atoms with Crippen LogP contribution < -0.4 is 15.0 Å². The number of carbonyl (C=O) groups is 3. The molecule has 0 spiro atoms. The molecular formula is C23H25N3O4. The van der Waals surface area contributed by atoms with E-state index in [-0.39, 0.29) is 18.5 Å². The zero-order chi connectivity index (χ0) is 21.5. The zero-order valence-electron chi connectivity index (χ0n) is 17.3. The lowest BCUT2D eigenvalue weighted by Crippen LogP contribution is -2.46. The Morgan fingerprint density at radius 1 is 1.17 bits per heavy atom. The molecule has 2 aliphatic rings. The fourth-order valence-corrected chi connectivity index (χ4v) is 4.44. The average Bonchev–Trinajstić information content (AvgIpc) is 3.22. The maximum absolute atomic E-state index is 13.3. The van der Waals surface area contributed by atoms with Crippen LogP contribution in [0.25, 0.3) is 0 Å². The number of fused-ring (bicyclic) bond motifs is 1. The van der Waals surface area contributed by atoms with Crippen LogP contribution in [0.5, 0.6) is 5.75 Å². The minimum atomic E-state index is -1.18. The molecule has 2 atom stereocenters. The van der Waals surface area contributed by atoms with Crippen molar-refractivity contribution in [2.45, 2.75) is 38.3 Å². The van der Waals surface area contributed by atoms with E-state index in [1.807, 2.05) is 38.1 Å². The Hall–Kier alpha value is -3.35. The maximum atomic E-state index is 13.3. The first-order chi connectivity index (χ1) is 14.4. The van der Waals surface area contributed by atoms with Gasteiger partial charge in [0.2, 0.25) is 5.91 Å². The summed E-state index contributed by atoms with van der Waals surface area (Å²) in [5, 5.41) is 2.82. The number of nitrogens with one attached hydrogen (secondary N) is 1. The van der Waals surface area contributed by atoms with Crippen molar-refractivity contribution >= 4 is 23.5 Å². The van der Waals surface area contributed by atoms with Gasteiger partial charge in [0.15, 0.2) is 0 Å². The molecule has 0 saturated carbocycles. The number of benzene rings is 2. The summed E-state index contributed by atoms with van der Waals surface area (Å²) >= 11 is 0. The third-order valence-electron chi connectivity index (χ3n) is 6.06. The molecule has 1 N–H and O–H groups in total. The Labute approximate surface area is 175 Å². The van der Waals surface area contributed by atoms with Gasteiger partial charge >= 0.3 is 6.03 Å². The first-order valence-electron chi connectivity index (χ1n) is 10.1. The van der Waals surface area contributed by atoms with Crippen LogP contribution >= 0.6 is 0 Å². The van der Waals surface area contributed by atoms with Crippen molar-refractivity contribution in [1.82, 2.24) is 10.2 Å². The van der Waals surface area contributed by atoms with E-state index in [2.05, 4.69) is 5.32 Å². The van der Waals surface area contributed by atoms with Gasteiger partial charge in [-0.3, -0.25) is 14.5 Å². The maximum Gasteiger partial charge on any atom is 0.325 e. The summed E-state index contributed by atoms with van der Waals surface area (Å²) in [4.78, 5) is 41.9. The molecule has 0 bridgehead atoms. The fourth-order valence-electron chi connectivity index (χ4n) is 4.44. The number of anilines is 1. The molecule has 7 heteroatoms. The number of ether oxygens (including phenoxy) is 1. The molecule has 0 aliphatic carbocycles. The molecule has 7 nitrogen and oxygen atoms in total. The number of hydrogen-bond acceptors (Lipinski definition) is 4. The zero-order valence-corrected chi connectivity index (χ0v) is 17.3. The van der Waals surface area contributed by atoms with Crippen LogP contribution in [0.3, 0.4) is 0 Å². The topological polar surface area (TPSA) is 79.0 Å². The third kappa shape index (κ3) is 3.01. The van der Waals surface area contributed by atoms with Gasteiger partial charge in [-0.1, -0.05) is 37.3 Å². The Morgan fingerprint density at radius 2 is 1.87 bits per heavy atom. The second-order valence-corrected chi connectivity index (χ2v) is 7.75. The van der Waals surface area contributed by atoms with E-state index in [1.54, 1.807) is 36.3 Å². The Bertz CT molecular complexity index is 1000. The second-order valence-electron chi connectivity index (χ2n) is 7.75. The van der Waals surface area contributed by atoms with Crippen LogP contribution in [-0.4, -0.2) is 42.4 Å². The van der Waals surface area contributed by atoms with Crippen molar-refractivity contribution < 1.29 is 19.1 Å². The predicted octanol–water partition coefficient (Wildman–Crippen LogP) is 2.83. The normalized spacial score (nSPS) is 22.8. The van der Waals surface area contributed by atoms with Crippen LogP contribution in [0.15, 0.2) is 48.5 Å². The molecule has 0 radical (unpaired) electrons. The van der Waals surface area contributed by atoms with Crippen LogP contribution in [0.2, 0.25) is 0 Å². The largest absolute Gasteiger partial charge is 0.497 e. The van der Waals surface area contributed by atoms with Crippen molar-refractivity contribution in [3.63, 3.8) is 0 Å². The minimum Gasteiger partial charge on any atom is -0.497 e. The predicted molar refractivity (Wildman–Crippen MR) is 112 cm³/mol. The van der Waals surface area contributed by atoms with E-state index < -0.39 is 17.5 Å². The van der Waals surface area contributed by atoms with Crippen LogP contribution in [0, 0.1) is 0 Å². The van der Waals surface area contributed by atoms with Crippen molar-refractivity contribution in [3.8, 4) is 5.75 Å². The summed E-state index contributed by atoms with van der Waals surface area (Å²) in [5.41, 5.74) is 1.42. The number of hydrogen-bond donors (Lipinski definition) is 1. The summed E-state index contributed by atoms with van der Waals surface area (Å²) in [7, 11) is 1.57. The number of amides is 4. The number of nitrogens with zero attached hydrogens (tertiary/aromatic N) is 2. The summed E-state index contributed by atoms with van der Waals surface area (Å²) in [6.07, 6.45) is 1.13. The molecule has 4 amide bonds. The molecule has 0 unspecified atom stereocenters. The van der Waals surface area contributed by atoms with Gasteiger partial charge in [-0.2, -0.15) is 0 Å². The van der Waals surface area contributed by atoms with E-state index in [9.17, 15) is 14.4 Å². The van der Waals surface area contributed by atoms with Crippen molar-refractivity contribution in [1.29, 1.82) is 0 Å². The van der Waals surface area contributed by atoms with Crippen molar-refractivity contribution in [2.24, 2.45) is 0 Å². The molecule has 1 saturated heterocycles. The summed E-state index contributed by atoms with van der Waals surface area (Å²) in [5.74, 6) is -0.0123. The molecular weight excluding hydrogens is 382 g/mol. The Kier molecular flexibility index (Phi) is 4.97. The van der Waals surface area contributed by atoms with Crippen LogP contribution in [0.4, 0.5) is 10.5 Å². The van der Waals surface area contributed by atoms with E-state index in [4.69, 9.17) is 4.74 Å².